The van der Waals surface area contributed by atoms with Crippen LogP contribution in [0, 0.1) is 0 Å². The first-order valence-corrected chi connectivity index (χ1v) is 4.87. The van der Waals surface area contributed by atoms with Gasteiger partial charge in [-0.3, -0.25) is 4.79 Å². The molecule has 2 rings (SSSR count). The molecule has 1 aliphatic heterocycles. The molecule has 0 atom stereocenters. The number of carbonyl (C=O) groups excluding carboxylic acids is 1. The molecular weight excluding hydrogens is 180 g/mol. The molecule has 14 heavy (non-hydrogen) atoms. The Morgan fingerprint density at radius 3 is 2.86 bits per heavy atom. The molecule has 0 aliphatic carbocycles. The lowest BCUT2D eigenvalue weighted by Gasteiger charge is -2.21. The minimum absolute atomic E-state index is 0.330. The first-order valence-electron chi connectivity index (χ1n) is 4.87. The van der Waals surface area contributed by atoms with Crippen LogP contribution in [0.25, 0.3) is 0 Å². The maximum Gasteiger partial charge on any atom is 0.284 e. The Bertz CT molecular complexity index is 327. The van der Waals surface area contributed by atoms with Crippen molar-refractivity contribution in [2.24, 2.45) is 5.73 Å². The summed E-state index contributed by atoms with van der Waals surface area (Å²) in [5, 5.41) is 3.28. The van der Waals surface area contributed by atoms with Crippen molar-refractivity contribution in [3.63, 3.8) is 0 Å². The summed E-state index contributed by atoms with van der Waals surface area (Å²) in [6.45, 7) is 1.99. The zero-order chi connectivity index (χ0) is 9.97. The Morgan fingerprint density at radius 2 is 2.21 bits per heavy atom. The number of nitrogens with one attached hydrogen (secondary N) is 1. The van der Waals surface area contributed by atoms with Crippen molar-refractivity contribution in [3.8, 4) is 0 Å². The van der Waals surface area contributed by atoms with Crippen LogP contribution in [0.5, 0.6) is 0 Å². The lowest BCUT2D eigenvalue weighted by Crippen LogP contribution is -2.27. The van der Waals surface area contributed by atoms with Crippen molar-refractivity contribution in [1.82, 2.24) is 5.32 Å². The van der Waals surface area contributed by atoms with Gasteiger partial charge in [-0.2, -0.15) is 0 Å². The van der Waals surface area contributed by atoms with Gasteiger partial charge in [0.05, 0.1) is 6.26 Å². The molecule has 1 aliphatic rings. The summed E-state index contributed by atoms with van der Waals surface area (Å²) in [5.41, 5.74) is 6.19. The molecule has 0 aromatic carbocycles. The van der Waals surface area contributed by atoms with Gasteiger partial charge >= 0.3 is 0 Å². The van der Waals surface area contributed by atoms with E-state index in [1.807, 2.05) is 6.07 Å². The Morgan fingerprint density at radius 1 is 1.50 bits per heavy atom. The maximum absolute atomic E-state index is 11.0. The summed E-state index contributed by atoms with van der Waals surface area (Å²) in [6, 6.07) is 1.86. The SMILES string of the molecule is NC(=O)c1occc1C1CCNCC1. The van der Waals surface area contributed by atoms with E-state index in [0.717, 1.165) is 31.5 Å². The van der Waals surface area contributed by atoms with Crippen LogP contribution in [0.1, 0.15) is 34.9 Å². The average Bonchev–Trinajstić information content (AvgIpc) is 2.67. The van der Waals surface area contributed by atoms with E-state index in [0.29, 0.717) is 11.7 Å². The largest absolute Gasteiger partial charge is 0.459 e. The van der Waals surface area contributed by atoms with Gasteiger partial charge in [0.15, 0.2) is 5.76 Å². The summed E-state index contributed by atoms with van der Waals surface area (Å²) in [4.78, 5) is 11.0. The fourth-order valence-corrected chi connectivity index (χ4v) is 1.97. The van der Waals surface area contributed by atoms with Gasteiger partial charge in [0.1, 0.15) is 0 Å². The number of rotatable bonds is 2. The van der Waals surface area contributed by atoms with Gasteiger partial charge in [0, 0.05) is 5.56 Å². The summed E-state index contributed by atoms with van der Waals surface area (Å²) in [7, 11) is 0. The Kier molecular flexibility index (Phi) is 2.54. The van der Waals surface area contributed by atoms with E-state index in [-0.39, 0.29) is 0 Å². The van der Waals surface area contributed by atoms with Crippen molar-refractivity contribution in [3.05, 3.63) is 23.7 Å². The lowest BCUT2D eigenvalue weighted by molar-refractivity contribution is 0.0971. The molecular formula is C10H14N2O2. The molecule has 4 heteroatoms. The monoisotopic (exact) mass is 194 g/mol. The molecule has 2 heterocycles. The van der Waals surface area contributed by atoms with Gasteiger partial charge in [-0.25, -0.2) is 0 Å². The predicted octanol–water partition coefficient (Wildman–Crippen LogP) is 0.845. The second-order valence-corrected chi connectivity index (χ2v) is 3.59. The van der Waals surface area contributed by atoms with Gasteiger partial charge in [-0.1, -0.05) is 0 Å². The molecule has 1 aromatic rings. The van der Waals surface area contributed by atoms with E-state index < -0.39 is 5.91 Å². The molecule has 0 bridgehead atoms. The normalized spacial score (nSPS) is 18.3. The number of furan rings is 1. The number of piperidine rings is 1. The first-order chi connectivity index (χ1) is 6.79. The van der Waals surface area contributed by atoms with Gasteiger partial charge in [-0.05, 0) is 37.9 Å². The summed E-state index contributed by atoms with van der Waals surface area (Å²) >= 11 is 0. The number of primary amides is 1. The third-order valence-electron chi connectivity index (χ3n) is 2.70. The highest BCUT2D eigenvalue weighted by Gasteiger charge is 2.22. The minimum atomic E-state index is -0.469. The molecule has 0 unspecified atom stereocenters. The van der Waals surface area contributed by atoms with Crippen LogP contribution < -0.4 is 11.1 Å². The maximum atomic E-state index is 11.0. The second-order valence-electron chi connectivity index (χ2n) is 3.59. The van der Waals surface area contributed by atoms with Crippen LogP contribution in [0.15, 0.2) is 16.7 Å². The molecule has 1 amide bonds. The van der Waals surface area contributed by atoms with Gasteiger partial charge in [-0.15, -0.1) is 0 Å². The van der Waals surface area contributed by atoms with Crippen molar-refractivity contribution in [1.29, 1.82) is 0 Å². The number of nitrogens with two attached hydrogens (primary N) is 1. The first kappa shape index (κ1) is 9.27. The number of hydrogen-bond donors (Lipinski definition) is 2. The van der Waals surface area contributed by atoms with Crippen LogP contribution in [-0.2, 0) is 0 Å². The van der Waals surface area contributed by atoms with Crippen LogP contribution in [0.2, 0.25) is 0 Å². The van der Waals surface area contributed by atoms with Gasteiger partial charge in [0.25, 0.3) is 5.91 Å². The van der Waals surface area contributed by atoms with Crippen LogP contribution >= 0.6 is 0 Å². The topological polar surface area (TPSA) is 68.3 Å². The zero-order valence-corrected chi connectivity index (χ0v) is 7.95. The third kappa shape index (κ3) is 1.65. The summed E-state index contributed by atoms with van der Waals surface area (Å²) in [6.07, 6.45) is 3.62. The second kappa shape index (κ2) is 3.84. The van der Waals surface area contributed by atoms with E-state index in [2.05, 4.69) is 5.32 Å². The molecule has 1 aromatic heterocycles. The van der Waals surface area contributed by atoms with Crippen molar-refractivity contribution in [2.45, 2.75) is 18.8 Å². The highest BCUT2D eigenvalue weighted by Crippen LogP contribution is 2.28. The Balaban J connectivity index is 2.21. The van der Waals surface area contributed by atoms with Crippen molar-refractivity contribution < 1.29 is 9.21 Å². The van der Waals surface area contributed by atoms with Crippen molar-refractivity contribution in [2.75, 3.05) is 13.1 Å². The quantitative estimate of drug-likeness (QED) is 0.733. The van der Waals surface area contributed by atoms with E-state index >= 15 is 0 Å². The van der Waals surface area contributed by atoms with Crippen LogP contribution in [0.4, 0.5) is 0 Å². The zero-order valence-electron chi connectivity index (χ0n) is 7.95. The van der Waals surface area contributed by atoms with Crippen molar-refractivity contribution >= 4 is 5.91 Å². The standard InChI is InChI=1S/C10H14N2O2/c11-10(13)9-8(3-6-14-9)7-1-4-12-5-2-7/h3,6-7,12H,1-2,4-5H2,(H2,11,13). The fourth-order valence-electron chi connectivity index (χ4n) is 1.97. The molecule has 76 valence electrons. The molecule has 0 saturated carbocycles. The Labute approximate surface area is 82.5 Å². The van der Waals surface area contributed by atoms with Crippen LogP contribution in [-0.4, -0.2) is 19.0 Å². The number of carbonyl (C=O) groups is 1. The van der Waals surface area contributed by atoms with E-state index in [1.54, 1.807) is 0 Å². The molecule has 3 N–H and O–H groups in total. The highest BCUT2D eigenvalue weighted by atomic mass is 16.3. The predicted molar refractivity (Wildman–Crippen MR) is 52.1 cm³/mol. The van der Waals surface area contributed by atoms with E-state index in [1.165, 1.54) is 6.26 Å². The Hall–Kier alpha value is -1.29. The highest BCUT2D eigenvalue weighted by molar-refractivity contribution is 5.91. The van der Waals surface area contributed by atoms with Gasteiger partial charge < -0.3 is 15.5 Å². The molecule has 4 nitrogen and oxygen atoms in total. The third-order valence-corrected chi connectivity index (χ3v) is 2.70. The number of hydrogen-bond acceptors (Lipinski definition) is 3. The molecule has 1 saturated heterocycles. The lowest BCUT2D eigenvalue weighted by atomic mass is 9.90. The number of amides is 1. The summed E-state index contributed by atoms with van der Waals surface area (Å²) < 4.78 is 5.08. The minimum Gasteiger partial charge on any atom is -0.459 e. The molecule has 0 spiro atoms. The molecule has 1 fully saturated rings. The average molecular weight is 194 g/mol. The smallest absolute Gasteiger partial charge is 0.284 e. The fraction of sp³-hybridized carbons (Fsp3) is 0.500. The molecule has 0 radical (unpaired) electrons. The summed E-state index contributed by atoms with van der Waals surface area (Å²) in [5.74, 6) is 0.276. The van der Waals surface area contributed by atoms with Gasteiger partial charge in [0.2, 0.25) is 0 Å². The van der Waals surface area contributed by atoms with E-state index in [9.17, 15) is 4.79 Å². The van der Waals surface area contributed by atoms with Crippen LogP contribution in [0.3, 0.4) is 0 Å². The van der Waals surface area contributed by atoms with E-state index in [4.69, 9.17) is 10.2 Å².